The van der Waals surface area contributed by atoms with Crippen LogP contribution in [0, 0.1) is 5.82 Å². The monoisotopic (exact) mass is 372 g/mol. The molecule has 0 radical (unpaired) electrons. The van der Waals surface area contributed by atoms with Crippen LogP contribution < -0.4 is 10.6 Å². The van der Waals surface area contributed by atoms with Crippen molar-refractivity contribution in [3.05, 3.63) is 33.9 Å². The number of ether oxygens (including phenoxy) is 1. The molecule has 1 aromatic carbocycles. The lowest BCUT2D eigenvalue weighted by Gasteiger charge is -2.12. The lowest BCUT2D eigenvalue weighted by atomic mass is 10.2. The minimum absolute atomic E-state index is 0.0647. The molecule has 24 heavy (non-hydrogen) atoms. The standard InChI is InChI=1S/C15H14ClFN2O4S/c1-3-18-15(22)19-13(20)7(2)23-14(21)12-11(16)9-5-4-8(17)6-10(9)24-12/h4-7H,3H2,1-2H3,(H2,18,19,20,22)/t7-/m0/s1. The highest BCUT2D eigenvalue weighted by Crippen LogP contribution is 2.36. The van der Waals surface area contributed by atoms with Gasteiger partial charge >= 0.3 is 12.0 Å². The molecule has 0 unspecified atom stereocenters. The molecule has 0 fully saturated rings. The SMILES string of the molecule is CCNC(=O)NC(=O)[C@H](C)OC(=O)c1sc2cc(F)ccc2c1Cl. The van der Waals surface area contributed by atoms with Crippen molar-refractivity contribution in [3.8, 4) is 0 Å². The number of carbonyl (C=O) groups is 3. The molecule has 0 bridgehead atoms. The third kappa shape index (κ3) is 4.01. The Morgan fingerprint density at radius 2 is 2.08 bits per heavy atom. The van der Waals surface area contributed by atoms with Crippen molar-refractivity contribution in [1.29, 1.82) is 0 Å². The van der Waals surface area contributed by atoms with Crippen LogP contribution in [0.2, 0.25) is 5.02 Å². The summed E-state index contributed by atoms with van der Waals surface area (Å²) in [5.41, 5.74) is 0. The molecule has 0 aliphatic rings. The molecule has 0 spiro atoms. The Labute approximate surface area is 145 Å². The number of nitrogens with one attached hydrogen (secondary N) is 2. The molecule has 1 atom stereocenters. The quantitative estimate of drug-likeness (QED) is 0.808. The Bertz CT molecular complexity index is 808. The van der Waals surface area contributed by atoms with Crippen molar-refractivity contribution in [2.24, 2.45) is 0 Å². The lowest BCUT2D eigenvalue weighted by molar-refractivity contribution is -0.127. The van der Waals surface area contributed by atoms with Gasteiger partial charge in [-0.05, 0) is 32.0 Å². The first-order valence-electron chi connectivity index (χ1n) is 7.00. The highest BCUT2D eigenvalue weighted by atomic mass is 35.5. The minimum atomic E-state index is -1.20. The fourth-order valence-electron chi connectivity index (χ4n) is 1.86. The number of benzene rings is 1. The Kier molecular flexibility index (Phi) is 5.74. The maximum absolute atomic E-state index is 13.2. The molecule has 1 heterocycles. The van der Waals surface area contributed by atoms with Gasteiger partial charge in [0, 0.05) is 16.6 Å². The molecule has 0 aliphatic heterocycles. The topological polar surface area (TPSA) is 84.5 Å². The number of imide groups is 1. The van der Waals surface area contributed by atoms with Gasteiger partial charge in [-0.1, -0.05) is 11.6 Å². The molecule has 9 heteroatoms. The predicted molar refractivity (Wildman–Crippen MR) is 88.9 cm³/mol. The average Bonchev–Trinajstić information content (AvgIpc) is 2.83. The van der Waals surface area contributed by atoms with Gasteiger partial charge in [-0.2, -0.15) is 0 Å². The molecule has 0 saturated heterocycles. The molecule has 2 rings (SSSR count). The summed E-state index contributed by atoms with van der Waals surface area (Å²) in [7, 11) is 0. The van der Waals surface area contributed by atoms with Crippen LogP contribution in [0.5, 0.6) is 0 Å². The summed E-state index contributed by atoms with van der Waals surface area (Å²) in [5.74, 6) is -2.03. The third-order valence-corrected chi connectivity index (χ3v) is 4.64. The molecule has 0 aliphatic carbocycles. The van der Waals surface area contributed by atoms with Gasteiger partial charge in [0.1, 0.15) is 10.7 Å². The van der Waals surface area contributed by atoms with Crippen LogP contribution in [-0.4, -0.2) is 30.6 Å². The number of amides is 3. The molecule has 2 aromatic rings. The van der Waals surface area contributed by atoms with E-state index in [1.165, 1.54) is 25.1 Å². The van der Waals surface area contributed by atoms with Crippen LogP contribution in [0.3, 0.4) is 0 Å². The summed E-state index contributed by atoms with van der Waals surface area (Å²) in [6.45, 7) is 3.37. The van der Waals surface area contributed by atoms with Gasteiger partial charge in [0.25, 0.3) is 5.91 Å². The maximum Gasteiger partial charge on any atom is 0.350 e. The van der Waals surface area contributed by atoms with Crippen molar-refractivity contribution in [2.75, 3.05) is 6.54 Å². The van der Waals surface area contributed by atoms with Crippen molar-refractivity contribution in [1.82, 2.24) is 10.6 Å². The number of thiophene rings is 1. The highest BCUT2D eigenvalue weighted by molar-refractivity contribution is 7.21. The number of urea groups is 1. The molecular weight excluding hydrogens is 359 g/mol. The Hall–Kier alpha value is -2.19. The first-order chi connectivity index (χ1) is 11.3. The fraction of sp³-hybridized carbons (Fsp3) is 0.267. The molecule has 3 amide bonds. The zero-order chi connectivity index (χ0) is 17.9. The van der Waals surface area contributed by atoms with Gasteiger partial charge in [0.2, 0.25) is 0 Å². The summed E-state index contributed by atoms with van der Waals surface area (Å²) >= 11 is 7.08. The summed E-state index contributed by atoms with van der Waals surface area (Å²) in [5, 5.41) is 5.08. The van der Waals surface area contributed by atoms with E-state index in [0.29, 0.717) is 16.6 Å². The van der Waals surface area contributed by atoms with Crippen molar-refractivity contribution >= 4 is 50.9 Å². The van der Waals surface area contributed by atoms with E-state index in [0.717, 1.165) is 11.3 Å². The second-order valence-electron chi connectivity index (χ2n) is 4.78. The number of fused-ring (bicyclic) bond motifs is 1. The van der Waals surface area contributed by atoms with Gasteiger partial charge in [0.05, 0.1) is 5.02 Å². The first-order valence-corrected chi connectivity index (χ1v) is 8.20. The van der Waals surface area contributed by atoms with E-state index in [1.54, 1.807) is 6.92 Å². The number of hydrogen-bond acceptors (Lipinski definition) is 5. The van der Waals surface area contributed by atoms with E-state index < -0.39 is 29.8 Å². The molecule has 128 valence electrons. The molecule has 2 N–H and O–H groups in total. The minimum Gasteiger partial charge on any atom is -0.448 e. The van der Waals surface area contributed by atoms with Crippen molar-refractivity contribution in [2.45, 2.75) is 20.0 Å². The zero-order valence-electron chi connectivity index (χ0n) is 12.8. The Balaban J connectivity index is 2.10. The number of rotatable bonds is 4. The van der Waals surface area contributed by atoms with E-state index in [9.17, 15) is 18.8 Å². The average molecular weight is 373 g/mol. The predicted octanol–water partition coefficient (Wildman–Crippen LogP) is 3.08. The lowest BCUT2D eigenvalue weighted by Crippen LogP contribution is -2.44. The van der Waals surface area contributed by atoms with Crippen LogP contribution in [0.25, 0.3) is 10.1 Å². The fourth-order valence-corrected chi connectivity index (χ4v) is 3.27. The second-order valence-corrected chi connectivity index (χ2v) is 6.21. The van der Waals surface area contributed by atoms with Gasteiger partial charge in [-0.25, -0.2) is 14.0 Å². The Morgan fingerprint density at radius 1 is 1.38 bits per heavy atom. The van der Waals surface area contributed by atoms with E-state index in [1.807, 2.05) is 5.32 Å². The smallest absolute Gasteiger partial charge is 0.350 e. The van der Waals surface area contributed by atoms with E-state index in [2.05, 4.69) is 5.32 Å². The normalized spacial score (nSPS) is 11.8. The van der Waals surface area contributed by atoms with Crippen LogP contribution in [0.4, 0.5) is 9.18 Å². The van der Waals surface area contributed by atoms with Crippen LogP contribution in [0.1, 0.15) is 23.5 Å². The van der Waals surface area contributed by atoms with Gasteiger partial charge in [-0.3, -0.25) is 10.1 Å². The highest BCUT2D eigenvalue weighted by Gasteiger charge is 2.24. The first kappa shape index (κ1) is 18.2. The number of hydrogen-bond donors (Lipinski definition) is 2. The van der Waals surface area contributed by atoms with Gasteiger partial charge < -0.3 is 10.1 Å². The third-order valence-electron chi connectivity index (χ3n) is 3.00. The molecular formula is C15H14ClFN2O4S. The van der Waals surface area contributed by atoms with E-state index in [-0.39, 0.29) is 9.90 Å². The largest absolute Gasteiger partial charge is 0.448 e. The van der Waals surface area contributed by atoms with Crippen LogP contribution >= 0.6 is 22.9 Å². The van der Waals surface area contributed by atoms with Gasteiger partial charge in [-0.15, -0.1) is 11.3 Å². The molecule has 6 nitrogen and oxygen atoms in total. The van der Waals surface area contributed by atoms with Crippen LogP contribution in [-0.2, 0) is 9.53 Å². The van der Waals surface area contributed by atoms with Crippen LogP contribution in [0.15, 0.2) is 18.2 Å². The molecule has 1 aromatic heterocycles. The second kappa shape index (κ2) is 7.59. The summed E-state index contributed by atoms with van der Waals surface area (Å²) in [6, 6.07) is 3.28. The van der Waals surface area contributed by atoms with E-state index in [4.69, 9.17) is 16.3 Å². The Morgan fingerprint density at radius 3 is 2.75 bits per heavy atom. The van der Waals surface area contributed by atoms with E-state index >= 15 is 0 Å². The van der Waals surface area contributed by atoms with Crippen molar-refractivity contribution < 1.29 is 23.5 Å². The number of carbonyl (C=O) groups excluding carboxylic acids is 3. The van der Waals surface area contributed by atoms with Crippen molar-refractivity contribution in [3.63, 3.8) is 0 Å². The number of halogens is 2. The summed E-state index contributed by atoms with van der Waals surface area (Å²) < 4.78 is 18.7. The summed E-state index contributed by atoms with van der Waals surface area (Å²) in [4.78, 5) is 35.3. The van der Waals surface area contributed by atoms with Gasteiger partial charge in [0.15, 0.2) is 6.10 Å². The summed E-state index contributed by atoms with van der Waals surface area (Å²) in [6.07, 6.45) is -1.20. The number of esters is 1. The molecule has 0 saturated carbocycles. The zero-order valence-corrected chi connectivity index (χ0v) is 14.4. The maximum atomic E-state index is 13.2.